The molecular weight excluding hydrogens is 288 g/mol. The van der Waals surface area contributed by atoms with Gasteiger partial charge in [0.2, 0.25) is 0 Å². The zero-order valence-corrected chi connectivity index (χ0v) is 12.3. The van der Waals surface area contributed by atoms with Gasteiger partial charge in [0.25, 0.3) is 5.91 Å². The van der Waals surface area contributed by atoms with Crippen molar-refractivity contribution < 1.29 is 4.79 Å². The van der Waals surface area contributed by atoms with Gasteiger partial charge < -0.3 is 10.6 Å². The number of carbonyl (C=O) groups is 1. The molecule has 2 aromatic rings. The van der Waals surface area contributed by atoms with Crippen molar-refractivity contribution in [1.29, 1.82) is 0 Å². The van der Waals surface area contributed by atoms with E-state index in [4.69, 9.17) is 17.3 Å². The third-order valence-corrected chi connectivity index (χ3v) is 4.19. The fourth-order valence-electron chi connectivity index (χ4n) is 2.62. The normalized spacial score (nSPS) is 18.2. The summed E-state index contributed by atoms with van der Waals surface area (Å²) in [5, 5.41) is 7.63. The molecule has 1 atom stereocenters. The van der Waals surface area contributed by atoms with Gasteiger partial charge in [0.05, 0.1) is 10.7 Å². The lowest BCUT2D eigenvalue weighted by atomic mass is 10.1. The van der Waals surface area contributed by atoms with Gasteiger partial charge in [-0.2, -0.15) is 5.10 Å². The summed E-state index contributed by atoms with van der Waals surface area (Å²) in [6, 6.07) is 9.19. The molecule has 6 heteroatoms. The van der Waals surface area contributed by atoms with E-state index in [2.05, 4.69) is 10.2 Å². The van der Waals surface area contributed by atoms with E-state index in [0.717, 1.165) is 25.1 Å². The maximum Gasteiger partial charge on any atom is 0.271 e. The molecule has 1 unspecified atom stereocenters. The Morgan fingerprint density at radius 3 is 3.00 bits per heavy atom. The van der Waals surface area contributed by atoms with Crippen LogP contribution in [0.25, 0.3) is 11.3 Å². The Bertz CT molecular complexity index is 655. The first-order valence-electron chi connectivity index (χ1n) is 6.98. The predicted molar refractivity (Wildman–Crippen MR) is 82.1 cm³/mol. The predicted octanol–water partition coefficient (Wildman–Crippen LogP) is 2.15. The van der Waals surface area contributed by atoms with E-state index in [9.17, 15) is 4.79 Å². The number of likely N-dealkylation sites (tertiary alicyclic amines) is 1. The second-order valence-electron chi connectivity index (χ2n) is 5.29. The molecule has 5 nitrogen and oxygen atoms in total. The number of benzene rings is 1. The molecule has 1 aromatic heterocycles. The zero-order chi connectivity index (χ0) is 14.8. The molecule has 0 spiro atoms. The number of nitrogens with one attached hydrogen (secondary N) is 1. The molecule has 2 heterocycles. The van der Waals surface area contributed by atoms with E-state index in [0.29, 0.717) is 28.9 Å². The Labute approximate surface area is 128 Å². The summed E-state index contributed by atoms with van der Waals surface area (Å²) < 4.78 is 0. The van der Waals surface area contributed by atoms with Crippen LogP contribution in [0.4, 0.5) is 0 Å². The molecule has 3 N–H and O–H groups in total. The Kier molecular flexibility index (Phi) is 3.94. The Hall–Kier alpha value is -1.85. The summed E-state index contributed by atoms with van der Waals surface area (Å²) in [7, 11) is 0. The second kappa shape index (κ2) is 5.87. The molecule has 1 aromatic carbocycles. The highest BCUT2D eigenvalue weighted by Crippen LogP contribution is 2.27. The topological polar surface area (TPSA) is 75.0 Å². The van der Waals surface area contributed by atoms with E-state index in [1.807, 2.05) is 23.1 Å². The van der Waals surface area contributed by atoms with Crippen molar-refractivity contribution in [1.82, 2.24) is 15.1 Å². The van der Waals surface area contributed by atoms with Crippen molar-refractivity contribution in [3.05, 3.63) is 41.0 Å². The minimum Gasteiger partial charge on any atom is -0.337 e. The third-order valence-electron chi connectivity index (χ3n) is 3.86. The molecule has 3 rings (SSSR count). The van der Waals surface area contributed by atoms with Crippen LogP contribution in [0.5, 0.6) is 0 Å². The van der Waals surface area contributed by atoms with Gasteiger partial charge in [-0.25, -0.2) is 0 Å². The maximum atomic E-state index is 12.4. The fourth-order valence-corrected chi connectivity index (χ4v) is 2.85. The molecule has 1 fully saturated rings. The van der Waals surface area contributed by atoms with Crippen molar-refractivity contribution in [2.45, 2.75) is 6.42 Å². The third kappa shape index (κ3) is 2.80. The van der Waals surface area contributed by atoms with E-state index in [1.165, 1.54) is 0 Å². The number of hydrogen-bond acceptors (Lipinski definition) is 3. The van der Waals surface area contributed by atoms with Crippen molar-refractivity contribution in [2.24, 2.45) is 11.7 Å². The number of carbonyl (C=O) groups excluding carboxylic acids is 1. The minimum absolute atomic E-state index is 0.0308. The standard InChI is InChI=1S/C15H17ClN4O/c16-12-4-2-1-3-11(12)13-7-14(19-18-13)15(21)20-6-5-10(8-17)9-20/h1-4,7,10H,5-6,8-9,17H2,(H,18,19). The minimum atomic E-state index is -0.0308. The van der Waals surface area contributed by atoms with Crippen LogP contribution in [0, 0.1) is 5.92 Å². The molecule has 110 valence electrons. The highest BCUT2D eigenvalue weighted by molar-refractivity contribution is 6.33. The SMILES string of the molecule is NCC1CCN(C(=O)c2cc(-c3ccccc3Cl)n[nH]2)C1. The molecule has 0 saturated carbocycles. The Balaban J connectivity index is 1.79. The first kappa shape index (κ1) is 14.1. The van der Waals surface area contributed by atoms with Crippen LogP contribution in [0.15, 0.2) is 30.3 Å². The number of H-pyrrole nitrogens is 1. The molecule has 1 amide bonds. The average Bonchev–Trinajstić information content (AvgIpc) is 3.16. The van der Waals surface area contributed by atoms with Crippen molar-refractivity contribution >= 4 is 17.5 Å². The lowest BCUT2D eigenvalue weighted by molar-refractivity contribution is 0.0782. The van der Waals surface area contributed by atoms with E-state index in [1.54, 1.807) is 12.1 Å². The second-order valence-corrected chi connectivity index (χ2v) is 5.70. The monoisotopic (exact) mass is 304 g/mol. The fraction of sp³-hybridized carbons (Fsp3) is 0.333. The summed E-state index contributed by atoms with van der Waals surface area (Å²) in [4.78, 5) is 14.2. The molecule has 0 bridgehead atoms. The lowest BCUT2D eigenvalue weighted by Gasteiger charge is -2.14. The first-order chi connectivity index (χ1) is 10.2. The molecule has 0 aliphatic carbocycles. The number of rotatable bonds is 3. The van der Waals surface area contributed by atoms with Crippen LogP contribution >= 0.6 is 11.6 Å². The highest BCUT2D eigenvalue weighted by atomic mass is 35.5. The maximum absolute atomic E-state index is 12.4. The van der Waals surface area contributed by atoms with Gasteiger partial charge in [-0.1, -0.05) is 29.8 Å². The van der Waals surface area contributed by atoms with Crippen LogP contribution in [0.1, 0.15) is 16.9 Å². The number of nitrogens with two attached hydrogens (primary N) is 1. The van der Waals surface area contributed by atoms with Crippen LogP contribution in [-0.4, -0.2) is 40.6 Å². The first-order valence-corrected chi connectivity index (χ1v) is 7.36. The van der Waals surface area contributed by atoms with E-state index in [-0.39, 0.29) is 5.91 Å². The summed E-state index contributed by atoms with van der Waals surface area (Å²) >= 11 is 6.15. The van der Waals surface area contributed by atoms with Crippen molar-refractivity contribution in [3.8, 4) is 11.3 Å². The summed E-state index contributed by atoms with van der Waals surface area (Å²) in [5.74, 6) is 0.372. The summed E-state index contributed by atoms with van der Waals surface area (Å²) in [5.41, 5.74) is 7.64. The number of aromatic amines is 1. The van der Waals surface area contributed by atoms with Gasteiger partial charge in [-0.15, -0.1) is 0 Å². The molecule has 21 heavy (non-hydrogen) atoms. The van der Waals surface area contributed by atoms with Gasteiger partial charge in [0.1, 0.15) is 5.69 Å². The molecular formula is C15H17ClN4O. The van der Waals surface area contributed by atoms with Gasteiger partial charge in [0, 0.05) is 18.7 Å². The zero-order valence-electron chi connectivity index (χ0n) is 11.6. The largest absolute Gasteiger partial charge is 0.337 e. The number of halogens is 1. The quantitative estimate of drug-likeness (QED) is 0.912. The molecule has 0 radical (unpaired) electrons. The van der Waals surface area contributed by atoms with Gasteiger partial charge in [-0.05, 0) is 31.0 Å². The Morgan fingerprint density at radius 1 is 1.48 bits per heavy atom. The highest BCUT2D eigenvalue weighted by Gasteiger charge is 2.27. The smallest absolute Gasteiger partial charge is 0.271 e. The number of hydrogen-bond donors (Lipinski definition) is 2. The van der Waals surface area contributed by atoms with Gasteiger partial charge in [0.15, 0.2) is 0 Å². The van der Waals surface area contributed by atoms with Gasteiger partial charge in [-0.3, -0.25) is 9.89 Å². The summed E-state index contributed by atoms with van der Waals surface area (Å²) in [6.07, 6.45) is 0.966. The Morgan fingerprint density at radius 2 is 2.29 bits per heavy atom. The van der Waals surface area contributed by atoms with Crippen molar-refractivity contribution in [2.75, 3.05) is 19.6 Å². The van der Waals surface area contributed by atoms with Crippen LogP contribution in [-0.2, 0) is 0 Å². The van der Waals surface area contributed by atoms with E-state index < -0.39 is 0 Å². The van der Waals surface area contributed by atoms with Crippen LogP contribution in [0.3, 0.4) is 0 Å². The van der Waals surface area contributed by atoms with Crippen molar-refractivity contribution in [3.63, 3.8) is 0 Å². The molecule has 1 aliphatic heterocycles. The summed E-state index contributed by atoms with van der Waals surface area (Å²) in [6.45, 7) is 2.09. The molecule has 1 saturated heterocycles. The molecule has 1 aliphatic rings. The van der Waals surface area contributed by atoms with Crippen LogP contribution < -0.4 is 5.73 Å². The van der Waals surface area contributed by atoms with Crippen LogP contribution in [0.2, 0.25) is 5.02 Å². The van der Waals surface area contributed by atoms with E-state index >= 15 is 0 Å². The van der Waals surface area contributed by atoms with Gasteiger partial charge >= 0.3 is 0 Å². The number of aromatic nitrogens is 2. The average molecular weight is 305 g/mol. The number of amides is 1. The number of nitrogens with zero attached hydrogens (tertiary/aromatic N) is 2. The lowest BCUT2D eigenvalue weighted by Crippen LogP contribution is -2.30.